The Balaban J connectivity index is 2.01. The Morgan fingerprint density at radius 3 is 3.00 bits per heavy atom. The van der Waals surface area contributed by atoms with Gasteiger partial charge in [0.25, 0.3) is 0 Å². The minimum Gasteiger partial charge on any atom is -0.461 e. The first-order chi connectivity index (χ1) is 8.79. The third-order valence-corrected chi connectivity index (χ3v) is 4.16. The number of nitrogens with zero attached hydrogens (tertiary/aromatic N) is 1. The standard InChI is InChI=1S/C16H21NO/c1-3-6-12-11-16-14(9-10-17(12)2)13-7-4-5-8-15(13)18-16/h4-5,7-8,12H,3,6,9-11H2,1-2H3. The van der Waals surface area contributed by atoms with E-state index in [0.29, 0.717) is 6.04 Å². The zero-order chi connectivity index (χ0) is 12.5. The second-order valence-electron chi connectivity index (χ2n) is 5.38. The van der Waals surface area contributed by atoms with Gasteiger partial charge in [0.15, 0.2) is 0 Å². The van der Waals surface area contributed by atoms with E-state index in [9.17, 15) is 0 Å². The monoisotopic (exact) mass is 243 g/mol. The van der Waals surface area contributed by atoms with Gasteiger partial charge in [0.05, 0.1) is 0 Å². The Morgan fingerprint density at radius 2 is 2.17 bits per heavy atom. The Bertz CT molecular complexity index is 543. The van der Waals surface area contributed by atoms with Gasteiger partial charge in [0, 0.05) is 30.0 Å². The molecular weight excluding hydrogens is 222 g/mol. The summed E-state index contributed by atoms with van der Waals surface area (Å²) in [6.45, 7) is 3.40. The van der Waals surface area contributed by atoms with E-state index in [0.717, 1.165) is 25.0 Å². The maximum atomic E-state index is 6.07. The minimum absolute atomic E-state index is 0.636. The molecule has 0 fully saturated rings. The van der Waals surface area contributed by atoms with Crippen LogP contribution in [0.4, 0.5) is 0 Å². The van der Waals surface area contributed by atoms with Crippen LogP contribution in [0.3, 0.4) is 0 Å². The van der Waals surface area contributed by atoms with Crippen molar-refractivity contribution in [3.63, 3.8) is 0 Å². The molecule has 0 saturated heterocycles. The number of likely N-dealkylation sites (N-methyl/N-ethyl adjacent to an activating group) is 1. The van der Waals surface area contributed by atoms with Crippen LogP contribution in [0.1, 0.15) is 31.1 Å². The van der Waals surface area contributed by atoms with Gasteiger partial charge in [-0.1, -0.05) is 31.5 Å². The molecule has 1 atom stereocenters. The molecule has 18 heavy (non-hydrogen) atoms. The molecule has 1 aliphatic rings. The lowest BCUT2D eigenvalue weighted by molar-refractivity contribution is 0.231. The molecule has 96 valence electrons. The summed E-state index contributed by atoms with van der Waals surface area (Å²) in [6.07, 6.45) is 4.68. The highest BCUT2D eigenvalue weighted by Gasteiger charge is 2.24. The van der Waals surface area contributed by atoms with Gasteiger partial charge in [-0.3, -0.25) is 0 Å². The van der Waals surface area contributed by atoms with Crippen LogP contribution < -0.4 is 0 Å². The molecule has 2 nitrogen and oxygen atoms in total. The fraction of sp³-hybridized carbons (Fsp3) is 0.500. The second-order valence-corrected chi connectivity index (χ2v) is 5.38. The number of furan rings is 1. The zero-order valence-corrected chi connectivity index (χ0v) is 11.3. The van der Waals surface area contributed by atoms with Crippen LogP contribution in [0, 0.1) is 0 Å². The van der Waals surface area contributed by atoms with Crippen LogP contribution in [-0.4, -0.2) is 24.5 Å². The van der Waals surface area contributed by atoms with Crippen LogP contribution >= 0.6 is 0 Å². The Kier molecular flexibility index (Phi) is 3.13. The Morgan fingerprint density at radius 1 is 1.33 bits per heavy atom. The minimum atomic E-state index is 0.636. The van der Waals surface area contributed by atoms with Crippen molar-refractivity contribution in [1.29, 1.82) is 0 Å². The van der Waals surface area contributed by atoms with Crippen molar-refractivity contribution in [3.8, 4) is 0 Å². The van der Waals surface area contributed by atoms with Crippen LogP contribution in [0.25, 0.3) is 11.0 Å². The van der Waals surface area contributed by atoms with Gasteiger partial charge >= 0.3 is 0 Å². The van der Waals surface area contributed by atoms with E-state index in [2.05, 4.69) is 43.1 Å². The molecule has 0 bridgehead atoms. The lowest BCUT2D eigenvalue weighted by atomic mass is 10.0. The third kappa shape index (κ3) is 1.95. The number of hydrogen-bond donors (Lipinski definition) is 0. The van der Waals surface area contributed by atoms with Gasteiger partial charge in [-0.15, -0.1) is 0 Å². The molecular formula is C16H21NO. The predicted octanol–water partition coefficient (Wildman–Crippen LogP) is 3.63. The highest BCUT2D eigenvalue weighted by Crippen LogP contribution is 2.30. The highest BCUT2D eigenvalue weighted by atomic mass is 16.3. The summed E-state index contributed by atoms with van der Waals surface area (Å²) in [4.78, 5) is 2.49. The van der Waals surface area contributed by atoms with Gasteiger partial charge < -0.3 is 9.32 Å². The summed E-state index contributed by atoms with van der Waals surface area (Å²) < 4.78 is 6.07. The summed E-state index contributed by atoms with van der Waals surface area (Å²) in [5.41, 5.74) is 2.50. The van der Waals surface area contributed by atoms with E-state index in [1.165, 1.54) is 29.6 Å². The first-order valence-electron chi connectivity index (χ1n) is 6.99. The molecule has 0 spiro atoms. The highest BCUT2D eigenvalue weighted by molar-refractivity contribution is 5.82. The predicted molar refractivity (Wildman–Crippen MR) is 74.9 cm³/mol. The molecule has 0 amide bonds. The number of benzene rings is 1. The van der Waals surface area contributed by atoms with E-state index in [1.807, 2.05) is 0 Å². The van der Waals surface area contributed by atoms with E-state index in [1.54, 1.807) is 0 Å². The maximum absolute atomic E-state index is 6.07. The fourth-order valence-electron chi connectivity index (χ4n) is 3.08. The second kappa shape index (κ2) is 4.77. The molecule has 0 aliphatic carbocycles. The van der Waals surface area contributed by atoms with Crippen LogP contribution in [0.15, 0.2) is 28.7 Å². The van der Waals surface area contributed by atoms with Gasteiger partial charge in [0.2, 0.25) is 0 Å². The van der Waals surface area contributed by atoms with Crippen molar-refractivity contribution < 1.29 is 4.42 Å². The quantitative estimate of drug-likeness (QED) is 0.800. The lowest BCUT2D eigenvalue weighted by Crippen LogP contribution is -2.33. The van der Waals surface area contributed by atoms with Gasteiger partial charge in [0.1, 0.15) is 11.3 Å². The Labute approximate surface area is 109 Å². The average molecular weight is 243 g/mol. The molecule has 0 N–H and O–H groups in total. The molecule has 3 rings (SSSR count). The molecule has 1 aromatic heterocycles. The molecule has 1 aliphatic heterocycles. The molecule has 1 aromatic carbocycles. The van der Waals surface area contributed by atoms with Crippen molar-refractivity contribution in [1.82, 2.24) is 4.90 Å². The number of hydrogen-bond acceptors (Lipinski definition) is 2. The molecule has 0 radical (unpaired) electrons. The van der Waals surface area contributed by atoms with Gasteiger partial charge in [-0.25, -0.2) is 0 Å². The first kappa shape index (κ1) is 11.8. The average Bonchev–Trinajstić information content (AvgIpc) is 2.65. The van der Waals surface area contributed by atoms with E-state index in [4.69, 9.17) is 4.42 Å². The summed E-state index contributed by atoms with van der Waals surface area (Å²) in [6, 6.07) is 9.08. The van der Waals surface area contributed by atoms with Gasteiger partial charge in [-0.2, -0.15) is 0 Å². The lowest BCUT2D eigenvalue weighted by Gasteiger charge is -2.24. The summed E-state index contributed by atoms with van der Waals surface area (Å²) in [7, 11) is 2.24. The van der Waals surface area contributed by atoms with Crippen LogP contribution in [0.2, 0.25) is 0 Å². The fourth-order valence-corrected chi connectivity index (χ4v) is 3.08. The summed E-state index contributed by atoms with van der Waals surface area (Å²) in [5.74, 6) is 1.22. The Hall–Kier alpha value is -1.28. The van der Waals surface area contributed by atoms with Crippen LogP contribution in [-0.2, 0) is 12.8 Å². The molecule has 1 unspecified atom stereocenters. The normalized spacial score (nSPS) is 20.9. The first-order valence-corrected chi connectivity index (χ1v) is 6.99. The van der Waals surface area contributed by atoms with E-state index >= 15 is 0 Å². The summed E-state index contributed by atoms with van der Waals surface area (Å²) in [5, 5.41) is 1.32. The summed E-state index contributed by atoms with van der Waals surface area (Å²) >= 11 is 0. The number of para-hydroxylation sites is 1. The largest absolute Gasteiger partial charge is 0.461 e. The van der Waals surface area contributed by atoms with Crippen molar-refractivity contribution in [2.24, 2.45) is 0 Å². The smallest absolute Gasteiger partial charge is 0.134 e. The van der Waals surface area contributed by atoms with Gasteiger partial charge in [-0.05, 0) is 26.0 Å². The van der Waals surface area contributed by atoms with Crippen molar-refractivity contribution in [2.45, 2.75) is 38.6 Å². The molecule has 0 saturated carbocycles. The van der Waals surface area contributed by atoms with Crippen molar-refractivity contribution in [3.05, 3.63) is 35.6 Å². The van der Waals surface area contributed by atoms with Crippen molar-refractivity contribution >= 4 is 11.0 Å². The SMILES string of the molecule is CCCC1Cc2oc3ccccc3c2CCN1C. The van der Waals surface area contributed by atoms with Crippen molar-refractivity contribution in [2.75, 3.05) is 13.6 Å². The molecule has 2 heteroatoms. The molecule has 2 aromatic rings. The number of fused-ring (bicyclic) bond motifs is 3. The van der Waals surface area contributed by atoms with E-state index < -0.39 is 0 Å². The number of rotatable bonds is 2. The van der Waals surface area contributed by atoms with Crippen LogP contribution in [0.5, 0.6) is 0 Å². The zero-order valence-electron chi connectivity index (χ0n) is 11.3. The third-order valence-electron chi connectivity index (χ3n) is 4.16. The maximum Gasteiger partial charge on any atom is 0.134 e. The topological polar surface area (TPSA) is 16.4 Å². The van der Waals surface area contributed by atoms with E-state index in [-0.39, 0.29) is 0 Å². The molecule has 2 heterocycles.